The Labute approximate surface area is 144 Å². The van der Waals surface area contributed by atoms with Gasteiger partial charge in [-0.25, -0.2) is 9.18 Å². The summed E-state index contributed by atoms with van der Waals surface area (Å²) in [5.41, 5.74) is 2.12. The van der Waals surface area contributed by atoms with Crippen LogP contribution in [-0.2, 0) is 6.54 Å². The van der Waals surface area contributed by atoms with E-state index in [4.69, 9.17) is 4.42 Å². The zero-order valence-corrected chi connectivity index (χ0v) is 13.9. The van der Waals surface area contributed by atoms with Crippen LogP contribution < -0.4 is 10.7 Å². The molecule has 6 heteroatoms. The fraction of sp³-hybridized carbons (Fsp3) is 0.316. The van der Waals surface area contributed by atoms with Gasteiger partial charge in [-0.2, -0.15) is 0 Å². The van der Waals surface area contributed by atoms with E-state index in [9.17, 15) is 9.18 Å². The molecule has 4 rings (SSSR count). The number of piperazine rings is 1. The highest BCUT2D eigenvalue weighted by Crippen LogP contribution is 2.20. The molecule has 1 aromatic heterocycles. The number of aromatic nitrogens is 1. The number of fused-ring (bicyclic) bond motifs is 1. The van der Waals surface area contributed by atoms with Crippen LogP contribution in [0.1, 0.15) is 0 Å². The number of nitrogens with zero attached hydrogens (tertiary/aromatic N) is 3. The molecule has 2 heterocycles. The summed E-state index contributed by atoms with van der Waals surface area (Å²) in [5.74, 6) is -0.487. The Kier molecular flexibility index (Phi) is 4.28. The predicted octanol–water partition coefficient (Wildman–Crippen LogP) is 2.56. The molecule has 0 spiro atoms. The third-order valence-corrected chi connectivity index (χ3v) is 4.78. The average Bonchev–Trinajstić information content (AvgIpc) is 2.96. The lowest BCUT2D eigenvalue weighted by Gasteiger charge is -2.36. The van der Waals surface area contributed by atoms with Gasteiger partial charge >= 0.3 is 5.76 Å². The molecular weight excluding hydrogens is 321 g/mol. The summed E-state index contributed by atoms with van der Waals surface area (Å²) in [6, 6.07) is 14.4. The van der Waals surface area contributed by atoms with Crippen molar-refractivity contribution in [2.75, 3.05) is 37.6 Å². The summed E-state index contributed by atoms with van der Waals surface area (Å²) in [5, 5.41) is 0. The molecule has 0 aliphatic carbocycles. The Bertz CT molecular complexity index is 926. The van der Waals surface area contributed by atoms with Crippen LogP contribution in [0.4, 0.5) is 10.1 Å². The van der Waals surface area contributed by atoms with Gasteiger partial charge in [-0.15, -0.1) is 0 Å². The van der Waals surface area contributed by atoms with Crippen LogP contribution in [0.25, 0.3) is 11.1 Å². The lowest BCUT2D eigenvalue weighted by molar-refractivity contribution is 0.246. The van der Waals surface area contributed by atoms with Crippen molar-refractivity contribution in [3.8, 4) is 0 Å². The number of halogens is 1. The van der Waals surface area contributed by atoms with Crippen LogP contribution in [0, 0.1) is 5.82 Å². The quantitative estimate of drug-likeness (QED) is 0.731. The average molecular weight is 341 g/mol. The Morgan fingerprint density at radius 1 is 0.920 bits per heavy atom. The van der Waals surface area contributed by atoms with Gasteiger partial charge in [0.15, 0.2) is 5.58 Å². The number of anilines is 1. The number of hydrogen-bond acceptors (Lipinski definition) is 4. The topological polar surface area (TPSA) is 41.6 Å². The van der Waals surface area contributed by atoms with Crippen molar-refractivity contribution in [3.63, 3.8) is 0 Å². The molecule has 2 aromatic carbocycles. The van der Waals surface area contributed by atoms with Crippen LogP contribution in [0.3, 0.4) is 0 Å². The number of para-hydroxylation sites is 3. The molecule has 1 fully saturated rings. The Morgan fingerprint density at radius 2 is 1.64 bits per heavy atom. The third kappa shape index (κ3) is 3.17. The fourth-order valence-corrected chi connectivity index (χ4v) is 3.39. The summed E-state index contributed by atoms with van der Waals surface area (Å²) in [6.45, 7) is 4.62. The van der Waals surface area contributed by atoms with Gasteiger partial charge in [0.2, 0.25) is 0 Å². The monoisotopic (exact) mass is 341 g/mol. The molecule has 1 aliphatic heterocycles. The van der Waals surface area contributed by atoms with Crippen LogP contribution in [-0.4, -0.2) is 42.2 Å². The van der Waals surface area contributed by atoms with Gasteiger partial charge in [-0.1, -0.05) is 24.3 Å². The smallest absolute Gasteiger partial charge is 0.408 e. The molecule has 1 aliphatic rings. The molecule has 1 saturated heterocycles. The summed E-state index contributed by atoms with van der Waals surface area (Å²) >= 11 is 0. The minimum absolute atomic E-state index is 0.174. The minimum Gasteiger partial charge on any atom is -0.408 e. The van der Waals surface area contributed by atoms with Crippen LogP contribution in [0.2, 0.25) is 0 Å². The van der Waals surface area contributed by atoms with Gasteiger partial charge in [-0.05, 0) is 24.3 Å². The maximum atomic E-state index is 13.9. The first kappa shape index (κ1) is 15.9. The van der Waals surface area contributed by atoms with Gasteiger partial charge < -0.3 is 9.32 Å². The van der Waals surface area contributed by atoms with Crippen molar-refractivity contribution in [3.05, 3.63) is 64.9 Å². The largest absolute Gasteiger partial charge is 0.419 e. The zero-order chi connectivity index (χ0) is 17.2. The van der Waals surface area contributed by atoms with Gasteiger partial charge in [-0.3, -0.25) is 9.47 Å². The molecule has 0 unspecified atom stereocenters. The van der Waals surface area contributed by atoms with Crippen molar-refractivity contribution in [1.29, 1.82) is 0 Å². The van der Waals surface area contributed by atoms with Crippen LogP contribution in [0.15, 0.2) is 57.7 Å². The molecule has 130 valence electrons. The van der Waals surface area contributed by atoms with E-state index in [-0.39, 0.29) is 11.6 Å². The van der Waals surface area contributed by atoms with E-state index in [0.717, 1.165) is 38.2 Å². The van der Waals surface area contributed by atoms with E-state index in [0.29, 0.717) is 17.8 Å². The molecule has 0 amide bonds. The molecule has 0 radical (unpaired) electrons. The highest BCUT2D eigenvalue weighted by atomic mass is 19.1. The zero-order valence-electron chi connectivity index (χ0n) is 13.9. The van der Waals surface area contributed by atoms with Crippen LogP contribution in [0.5, 0.6) is 0 Å². The van der Waals surface area contributed by atoms with Gasteiger partial charge in [0.25, 0.3) is 0 Å². The van der Waals surface area contributed by atoms with E-state index in [1.807, 2.05) is 30.3 Å². The number of rotatable bonds is 4. The Morgan fingerprint density at radius 3 is 2.44 bits per heavy atom. The summed E-state index contributed by atoms with van der Waals surface area (Å²) in [7, 11) is 0. The highest BCUT2D eigenvalue weighted by Gasteiger charge is 2.19. The van der Waals surface area contributed by atoms with E-state index in [1.54, 1.807) is 16.7 Å². The van der Waals surface area contributed by atoms with E-state index >= 15 is 0 Å². The van der Waals surface area contributed by atoms with Crippen molar-refractivity contribution >= 4 is 16.8 Å². The van der Waals surface area contributed by atoms with E-state index in [1.165, 1.54) is 6.07 Å². The molecule has 5 nitrogen and oxygen atoms in total. The Hall–Kier alpha value is -2.60. The van der Waals surface area contributed by atoms with Gasteiger partial charge in [0.05, 0.1) is 11.2 Å². The summed E-state index contributed by atoms with van der Waals surface area (Å²) in [4.78, 5) is 16.4. The van der Waals surface area contributed by atoms with Gasteiger partial charge in [0, 0.05) is 39.3 Å². The number of benzene rings is 2. The molecule has 25 heavy (non-hydrogen) atoms. The SMILES string of the molecule is O=c1oc2ccccc2n1CCN1CCN(c2ccccc2F)CC1. The first-order valence-electron chi connectivity index (χ1n) is 8.52. The predicted molar refractivity (Wildman–Crippen MR) is 95.5 cm³/mol. The van der Waals surface area contributed by atoms with Gasteiger partial charge in [0.1, 0.15) is 5.82 Å². The minimum atomic E-state index is -0.314. The maximum absolute atomic E-state index is 13.9. The second-order valence-electron chi connectivity index (χ2n) is 6.27. The molecule has 3 aromatic rings. The summed E-state index contributed by atoms with van der Waals surface area (Å²) < 4.78 is 20.8. The van der Waals surface area contributed by atoms with E-state index in [2.05, 4.69) is 9.80 Å². The Balaban J connectivity index is 1.38. The highest BCUT2D eigenvalue weighted by molar-refractivity contribution is 5.72. The molecule has 0 N–H and O–H groups in total. The number of hydrogen-bond donors (Lipinski definition) is 0. The first-order valence-corrected chi connectivity index (χ1v) is 8.52. The second-order valence-corrected chi connectivity index (χ2v) is 6.27. The number of oxazole rings is 1. The second kappa shape index (κ2) is 6.72. The lowest BCUT2D eigenvalue weighted by atomic mass is 10.2. The van der Waals surface area contributed by atoms with Crippen molar-refractivity contribution in [2.24, 2.45) is 0 Å². The van der Waals surface area contributed by atoms with E-state index < -0.39 is 0 Å². The molecule has 0 atom stereocenters. The molecule has 0 saturated carbocycles. The van der Waals surface area contributed by atoms with Crippen molar-refractivity contribution in [1.82, 2.24) is 9.47 Å². The standard InChI is InChI=1S/C19H20FN3O2/c20-15-5-1-2-6-16(15)22-12-9-21(10-13-22)11-14-23-17-7-3-4-8-18(17)25-19(23)24/h1-8H,9-14H2. The van der Waals surface area contributed by atoms with Crippen LogP contribution >= 0.6 is 0 Å². The summed E-state index contributed by atoms with van der Waals surface area (Å²) in [6.07, 6.45) is 0. The molecule has 0 bridgehead atoms. The molecular formula is C19H20FN3O2. The fourth-order valence-electron chi connectivity index (χ4n) is 3.39. The van der Waals surface area contributed by atoms with Crippen molar-refractivity contribution in [2.45, 2.75) is 6.54 Å². The van der Waals surface area contributed by atoms with Crippen molar-refractivity contribution < 1.29 is 8.81 Å². The normalized spacial score (nSPS) is 15.8. The maximum Gasteiger partial charge on any atom is 0.419 e. The third-order valence-electron chi connectivity index (χ3n) is 4.78. The first-order chi connectivity index (χ1) is 12.2. The lowest BCUT2D eigenvalue weighted by Crippen LogP contribution is -2.47.